The van der Waals surface area contributed by atoms with Crippen LogP contribution in [0.15, 0.2) is 47.8 Å². The third-order valence-electron chi connectivity index (χ3n) is 3.41. The fourth-order valence-corrected chi connectivity index (χ4v) is 2.96. The number of thiophene rings is 1. The normalized spacial score (nSPS) is 12.8. The molecule has 0 aliphatic carbocycles. The van der Waals surface area contributed by atoms with Gasteiger partial charge >= 0.3 is 0 Å². The van der Waals surface area contributed by atoms with Gasteiger partial charge in [-0.3, -0.25) is 0 Å². The maximum Gasteiger partial charge on any atom is 0.00887 e. The van der Waals surface area contributed by atoms with Crippen LogP contribution in [-0.4, -0.2) is 31.6 Å². The first-order chi connectivity index (χ1) is 9.29. The van der Waals surface area contributed by atoms with Crippen LogP contribution in [0.5, 0.6) is 0 Å². The number of rotatable bonds is 7. The van der Waals surface area contributed by atoms with E-state index in [0.29, 0.717) is 12.5 Å². The predicted molar refractivity (Wildman–Crippen MR) is 83.8 cm³/mol. The first-order valence-corrected chi connectivity index (χ1v) is 7.63. The molecule has 0 radical (unpaired) electrons. The summed E-state index contributed by atoms with van der Waals surface area (Å²) >= 11 is 1.83. The Kier molecular flexibility index (Phi) is 5.58. The van der Waals surface area contributed by atoms with Gasteiger partial charge in [-0.2, -0.15) is 0 Å². The summed E-state index contributed by atoms with van der Waals surface area (Å²) in [5, 5.41) is 2.14. The molecule has 2 nitrogen and oxygen atoms in total. The van der Waals surface area contributed by atoms with Gasteiger partial charge in [0.25, 0.3) is 0 Å². The number of benzene rings is 1. The van der Waals surface area contributed by atoms with Crippen LogP contribution in [-0.2, 0) is 6.42 Å². The maximum atomic E-state index is 5.92. The first kappa shape index (κ1) is 14.3. The van der Waals surface area contributed by atoms with E-state index < -0.39 is 0 Å². The molecule has 0 saturated carbocycles. The van der Waals surface area contributed by atoms with E-state index in [1.807, 2.05) is 11.3 Å². The van der Waals surface area contributed by atoms with Gasteiger partial charge in [0.15, 0.2) is 0 Å². The first-order valence-electron chi connectivity index (χ1n) is 6.75. The molecule has 3 heteroatoms. The monoisotopic (exact) mass is 274 g/mol. The molecule has 1 unspecified atom stereocenters. The molecule has 102 valence electrons. The lowest BCUT2D eigenvalue weighted by molar-refractivity contribution is 0.316. The van der Waals surface area contributed by atoms with Crippen molar-refractivity contribution < 1.29 is 0 Å². The van der Waals surface area contributed by atoms with Crippen molar-refractivity contribution in [3.05, 3.63) is 58.3 Å². The Morgan fingerprint density at radius 3 is 2.58 bits per heavy atom. The molecule has 2 rings (SSSR count). The van der Waals surface area contributed by atoms with Gasteiger partial charge in [-0.15, -0.1) is 11.3 Å². The second-order valence-electron chi connectivity index (χ2n) is 4.93. The van der Waals surface area contributed by atoms with Crippen molar-refractivity contribution in [1.29, 1.82) is 0 Å². The number of nitrogens with zero attached hydrogens (tertiary/aromatic N) is 1. The van der Waals surface area contributed by atoms with E-state index in [9.17, 15) is 0 Å². The van der Waals surface area contributed by atoms with Crippen LogP contribution in [0.25, 0.3) is 0 Å². The van der Waals surface area contributed by atoms with Gasteiger partial charge in [-0.25, -0.2) is 0 Å². The van der Waals surface area contributed by atoms with E-state index in [2.05, 4.69) is 59.8 Å². The summed E-state index contributed by atoms with van der Waals surface area (Å²) in [4.78, 5) is 3.83. The van der Waals surface area contributed by atoms with E-state index in [0.717, 1.165) is 19.5 Å². The van der Waals surface area contributed by atoms with E-state index in [1.165, 1.54) is 10.4 Å². The molecule has 1 heterocycles. The molecule has 0 aliphatic heterocycles. The van der Waals surface area contributed by atoms with Crippen molar-refractivity contribution in [1.82, 2.24) is 4.90 Å². The zero-order chi connectivity index (χ0) is 13.5. The standard InChI is InChI=1S/C16H22N2S/c1-18(10-9-16-8-5-11-19-16)13-15(12-17)14-6-3-2-4-7-14/h2-8,11,15H,9-10,12-13,17H2,1H3. The zero-order valence-electron chi connectivity index (χ0n) is 11.5. The maximum absolute atomic E-state index is 5.92. The Bertz CT molecular complexity index is 453. The van der Waals surface area contributed by atoms with Crippen LogP contribution in [0.2, 0.25) is 0 Å². The summed E-state index contributed by atoms with van der Waals surface area (Å²) in [5.41, 5.74) is 7.26. The summed E-state index contributed by atoms with van der Waals surface area (Å²) < 4.78 is 0. The molecule has 1 atom stereocenters. The summed E-state index contributed by atoms with van der Waals surface area (Å²) in [6.07, 6.45) is 1.13. The average Bonchev–Trinajstić information content (AvgIpc) is 2.97. The highest BCUT2D eigenvalue weighted by Crippen LogP contribution is 2.16. The van der Waals surface area contributed by atoms with E-state index in [1.54, 1.807) is 0 Å². The Morgan fingerprint density at radius 2 is 1.95 bits per heavy atom. The molecular formula is C16H22N2S. The molecule has 0 fully saturated rings. The second kappa shape index (κ2) is 7.43. The zero-order valence-corrected chi connectivity index (χ0v) is 12.3. The van der Waals surface area contributed by atoms with Gasteiger partial charge < -0.3 is 10.6 Å². The van der Waals surface area contributed by atoms with Gasteiger partial charge in [-0.1, -0.05) is 36.4 Å². The lowest BCUT2D eigenvalue weighted by Gasteiger charge is -2.23. The number of nitrogens with two attached hydrogens (primary N) is 1. The number of likely N-dealkylation sites (N-methyl/N-ethyl adjacent to an activating group) is 1. The second-order valence-corrected chi connectivity index (χ2v) is 5.97. The molecule has 0 amide bonds. The van der Waals surface area contributed by atoms with Crippen LogP contribution < -0.4 is 5.73 Å². The van der Waals surface area contributed by atoms with E-state index >= 15 is 0 Å². The van der Waals surface area contributed by atoms with Crippen molar-refractivity contribution in [3.63, 3.8) is 0 Å². The fourth-order valence-electron chi connectivity index (χ4n) is 2.26. The molecule has 0 saturated heterocycles. The van der Waals surface area contributed by atoms with E-state index in [4.69, 9.17) is 5.73 Å². The van der Waals surface area contributed by atoms with Crippen LogP contribution in [0.3, 0.4) is 0 Å². The minimum Gasteiger partial charge on any atom is -0.330 e. The van der Waals surface area contributed by atoms with E-state index in [-0.39, 0.29) is 0 Å². The Labute approximate surface area is 119 Å². The Balaban J connectivity index is 1.84. The van der Waals surface area contributed by atoms with Crippen molar-refractivity contribution in [3.8, 4) is 0 Å². The highest BCUT2D eigenvalue weighted by molar-refractivity contribution is 7.09. The van der Waals surface area contributed by atoms with Crippen molar-refractivity contribution in [2.45, 2.75) is 12.3 Å². The summed E-state index contributed by atoms with van der Waals surface area (Å²) in [7, 11) is 2.18. The SMILES string of the molecule is CN(CCc1cccs1)CC(CN)c1ccccc1. The highest BCUT2D eigenvalue weighted by Gasteiger charge is 2.12. The van der Waals surface area contributed by atoms with Gasteiger partial charge in [-0.05, 0) is 30.5 Å². The lowest BCUT2D eigenvalue weighted by atomic mass is 9.99. The molecule has 1 aromatic heterocycles. The Morgan fingerprint density at radius 1 is 1.16 bits per heavy atom. The minimum absolute atomic E-state index is 0.425. The largest absolute Gasteiger partial charge is 0.330 e. The van der Waals surface area contributed by atoms with Gasteiger partial charge in [0.2, 0.25) is 0 Å². The van der Waals surface area contributed by atoms with Crippen molar-refractivity contribution in [2.75, 3.05) is 26.7 Å². The van der Waals surface area contributed by atoms with Crippen LogP contribution in [0, 0.1) is 0 Å². The van der Waals surface area contributed by atoms with Gasteiger partial charge in [0.1, 0.15) is 0 Å². The quantitative estimate of drug-likeness (QED) is 0.841. The van der Waals surface area contributed by atoms with Gasteiger partial charge in [0.05, 0.1) is 0 Å². The third-order valence-corrected chi connectivity index (χ3v) is 4.34. The Hall–Kier alpha value is -1.16. The fraction of sp³-hybridized carbons (Fsp3) is 0.375. The summed E-state index contributed by atoms with van der Waals surface area (Å²) in [5.74, 6) is 0.425. The smallest absolute Gasteiger partial charge is 0.00887 e. The van der Waals surface area contributed by atoms with Crippen LogP contribution in [0.4, 0.5) is 0 Å². The number of hydrogen-bond acceptors (Lipinski definition) is 3. The molecule has 19 heavy (non-hydrogen) atoms. The van der Waals surface area contributed by atoms with Crippen molar-refractivity contribution >= 4 is 11.3 Å². The van der Waals surface area contributed by atoms with Crippen molar-refractivity contribution in [2.24, 2.45) is 5.73 Å². The average molecular weight is 274 g/mol. The summed E-state index contributed by atoms with van der Waals surface area (Å²) in [6.45, 7) is 2.81. The number of hydrogen-bond donors (Lipinski definition) is 1. The molecule has 0 bridgehead atoms. The predicted octanol–water partition coefficient (Wildman–Crippen LogP) is 2.96. The minimum atomic E-state index is 0.425. The molecular weight excluding hydrogens is 252 g/mol. The van der Waals surface area contributed by atoms with Gasteiger partial charge in [0, 0.05) is 30.4 Å². The van der Waals surface area contributed by atoms with Crippen LogP contribution in [0.1, 0.15) is 16.4 Å². The summed E-state index contributed by atoms with van der Waals surface area (Å²) in [6, 6.07) is 14.9. The molecule has 1 aromatic carbocycles. The molecule has 0 aliphatic rings. The molecule has 0 spiro atoms. The van der Waals surface area contributed by atoms with Crippen LogP contribution >= 0.6 is 11.3 Å². The third kappa shape index (κ3) is 4.46. The molecule has 2 aromatic rings. The lowest BCUT2D eigenvalue weighted by Crippen LogP contribution is -2.30. The molecule has 2 N–H and O–H groups in total. The highest BCUT2D eigenvalue weighted by atomic mass is 32.1. The topological polar surface area (TPSA) is 29.3 Å².